The highest BCUT2D eigenvalue weighted by molar-refractivity contribution is 5.64. The number of fused-ring (bicyclic) bond motifs is 1. The maximum absolute atomic E-state index is 13.7. The number of hydrogen-bond donors (Lipinski definition) is 1. The summed E-state index contributed by atoms with van der Waals surface area (Å²) < 4.78 is 27.4. The van der Waals surface area contributed by atoms with E-state index in [1.165, 1.54) is 17.8 Å². The van der Waals surface area contributed by atoms with Crippen LogP contribution in [0.2, 0.25) is 0 Å². The molecule has 3 heterocycles. The van der Waals surface area contributed by atoms with E-state index in [0.717, 1.165) is 56.3 Å². The molecule has 0 amide bonds. The summed E-state index contributed by atoms with van der Waals surface area (Å²) in [5.41, 5.74) is 4.57. The van der Waals surface area contributed by atoms with Crippen molar-refractivity contribution in [3.63, 3.8) is 0 Å². The minimum atomic E-state index is -0.575. The average Bonchev–Trinajstić information content (AvgIpc) is 3.35. The van der Waals surface area contributed by atoms with Crippen LogP contribution in [0.3, 0.4) is 0 Å². The fourth-order valence-corrected chi connectivity index (χ4v) is 4.47. The number of rotatable bonds is 3. The van der Waals surface area contributed by atoms with Crippen molar-refractivity contribution in [2.24, 2.45) is 0 Å². The molecule has 0 bridgehead atoms. The third kappa shape index (κ3) is 3.18. The summed E-state index contributed by atoms with van der Waals surface area (Å²) in [4.78, 5) is 4.92. The van der Waals surface area contributed by atoms with E-state index in [1.54, 1.807) is 0 Å². The number of nitrogens with zero attached hydrogens (tertiary/aromatic N) is 3. The van der Waals surface area contributed by atoms with Gasteiger partial charge in [0.1, 0.15) is 11.6 Å². The first-order valence-electron chi connectivity index (χ1n) is 9.74. The molecular formula is C22H22F2N4. The lowest BCUT2D eigenvalue weighted by Crippen LogP contribution is -2.41. The van der Waals surface area contributed by atoms with Crippen LogP contribution in [0.1, 0.15) is 17.7 Å². The van der Waals surface area contributed by atoms with Crippen molar-refractivity contribution in [3.8, 4) is 11.3 Å². The van der Waals surface area contributed by atoms with Crippen LogP contribution in [0.25, 0.3) is 11.3 Å². The molecule has 5 rings (SSSR count). The zero-order valence-corrected chi connectivity index (χ0v) is 15.5. The molecule has 1 atom stereocenters. The molecule has 0 spiro atoms. The molecular weight excluding hydrogens is 358 g/mol. The topological polar surface area (TPSA) is 35.2 Å². The molecule has 1 saturated heterocycles. The Bertz CT molecular complexity index is 965. The van der Waals surface area contributed by atoms with Gasteiger partial charge in [0.15, 0.2) is 0 Å². The highest BCUT2D eigenvalue weighted by atomic mass is 19.1. The van der Waals surface area contributed by atoms with E-state index >= 15 is 0 Å². The van der Waals surface area contributed by atoms with Crippen LogP contribution in [0.4, 0.5) is 14.5 Å². The van der Waals surface area contributed by atoms with Crippen molar-refractivity contribution in [1.82, 2.24) is 15.1 Å². The van der Waals surface area contributed by atoms with Gasteiger partial charge in [0.2, 0.25) is 0 Å². The predicted octanol–water partition coefficient (Wildman–Crippen LogP) is 3.99. The molecule has 28 heavy (non-hydrogen) atoms. The van der Waals surface area contributed by atoms with Gasteiger partial charge in [0, 0.05) is 67.2 Å². The molecule has 4 nitrogen and oxygen atoms in total. The quantitative estimate of drug-likeness (QED) is 0.746. The average molecular weight is 380 g/mol. The fourth-order valence-electron chi connectivity index (χ4n) is 4.47. The second kappa shape index (κ2) is 7.02. The van der Waals surface area contributed by atoms with Gasteiger partial charge in [-0.1, -0.05) is 18.2 Å². The Kier molecular flexibility index (Phi) is 4.36. The third-order valence-corrected chi connectivity index (χ3v) is 5.90. The van der Waals surface area contributed by atoms with E-state index < -0.39 is 11.6 Å². The lowest BCUT2D eigenvalue weighted by Gasteiger charge is -2.32. The molecule has 0 aliphatic carbocycles. The first-order valence-corrected chi connectivity index (χ1v) is 9.74. The standard InChI is InChI=1S/C22H22F2N4/c23-16-10-15(11-17(24)12-16)22-20-14-28(9-7-21(20)25-26-22)19-6-8-27(13-19)18-4-2-1-3-5-18/h1-5,10-12,19H,6-9,13-14H2,(H,25,26). The van der Waals surface area contributed by atoms with Crippen LogP contribution < -0.4 is 4.90 Å². The Labute approximate surface area is 162 Å². The Morgan fingerprint density at radius 2 is 1.79 bits per heavy atom. The smallest absolute Gasteiger partial charge is 0.126 e. The second-order valence-corrected chi connectivity index (χ2v) is 7.63. The number of aromatic nitrogens is 2. The van der Waals surface area contributed by atoms with Gasteiger partial charge in [0.05, 0.1) is 5.69 Å². The van der Waals surface area contributed by atoms with Gasteiger partial charge in [-0.25, -0.2) is 8.78 Å². The molecule has 0 radical (unpaired) electrons. The zero-order valence-electron chi connectivity index (χ0n) is 15.5. The minimum Gasteiger partial charge on any atom is -0.370 e. The summed E-state index contributed by atoms with van der Waals surface area (Å²) in [5.74, 6) is -1.15. The zero-order chi connectivity index (χ0) is 19.1. The summed E-state index contributed by atoms with van der Waals surface area (Å²) in [6.07, 6.45) is 1.99. The van der Waals surface area contributed by atoms with Crippen molar-refractivity contribution in [2.45, 2.75) is 25.4 Å². The molecule has 1 unspecified atom stereocenters. The normalized spacial score (nSPS) is 19.8. The van der Waals surface area contributed by atoms with Gasteiger partial charge in [-0.15, -0.1) is 0 Å². The second-order valence-electron chi connectivity index (χ2n) is 7.63. The van der Waals surface area contributed by atoms with E-state index in [9.17, 15) is 8.78 Å². The summed E-state index contributed by atoms with van der Waals surface area (Å²) in [6.45, 7) is 3.78. The Balaban J connectivity index is 1.36. The van der Waals surface area contributed by atoms with Crippen molar-refractivity contribution in [3.05, 3.63) is 71.4 Å². The van der Waals surface area contributed by atoms with Gasteiger partial charge in [-0.3, -0.25) is 10.00 Å². The molecule has 3 aromatic rings. The molecule has 2 aliphatic rings. The van der Waals surface area contributed by atoms with Crippen LogP contribution >= 0.6 is 0 Å². The molecule has 1 aromatic heterocycles. The molecule has 0 saturated carbocycles. The van der Waals surface area contributed by atoms with Crippen LogP contribution in [0.5, 0.6) is 0 Å². The molecule has 6 heteroatoms. The summed E-state index contributed by atoms with van der Waals surface area (Å²) in [7, 11) is 0. The maximum atomic E-state index is 13.7. The predicted molar refractivity (Wildman–Crippen MR) is 105 cm³/mol. The lowest BCUT2D eigenvalue weighted by molar-refractivity contribution is 0.191. The number of para-hydroxylation sites is 1. The van der Waals surface area contributed by atoms with E-state index in [4.69, 9.17) is 0 Å². The molecule has 2 aromatic carbocycles. The van der Waals surface area contributed by atoms with E-state index in [1.807, 2.05) is 6.07 Å². The number of halogens is 2. The summed E-state index contributed by atoms with van der Waals surface area (Å²) >= 11 is 0. The van der Waals surface area contributed by atoms with Crippen molar-refractivity contribution in [2.75, 3.05) is 24.5 Å². The Morgan fingerprint density at radius 1 is 1.00 bits per heavy atom. The van der Waals surface area contributed by atoms with Gasteiger partial charge >= 0.3 is 0 Å². The number of H-pyrrole nitrogens is 1. The first-order chi connectivity index (χ1) is 13.7. The minimum absolute atomic E-state index is 0.473. The van der Waals surface area contributed by atoms with E-state index in [0.29, 0.717) is 17.3 Å². The van der Waals surface area contributed by atoms with Gasteiger partial charge in [-0.05, 0) is 30.7 Å². The monoisotopic (exact) mass is 380 g/mol. The highest BCUT2D eigenvalue weighted by Gasteiger charge is 2.32. The molecule has 2 aliphatic heterocycles. The van der Waals surface area contributed by atoms with E-state index in [2.05, 4.69) is 44.3 Å². The maximum Gasteiger partial charge on any atom is 0.126 e. The largest absolute Gasteiger partial charge is 0.370 e. The van der Waals surface area contributed by atoms with Crippen LogP contribution in [-0.2, 0) is 13.0 Å². The van der Waals surface area contributed by atoms with Gasteiger partial charge in [-0.2, -0.15) is 5.10 Å². The number of aromatic amines is 1. The van der Waals surface area contributed by atoms with Crippen molar-refractivity contribution >= 4 is 5.69 Å². The SMILES string of the molecule is Fc1cc(F)cc(-c2n[nH]c3c2CN(C2CCN(c4ccccc4)C2)CC3)c1. The number of anilines is 1. The van der Waals surface area contributed by atoms with Gasteiger partial charge in [0.25, 0.3) is 0 Å². The van der Waals surface area contributed by atoms with E-state index in [-0.39, 0.29) is 0 Å². The molecule has 144 valence electrons. The number of benzene rings is 2. The number of hydrogen-bond acceptors (Lipinski definition) is 3. The van der Waals surface area contributed by atoms with Crippen LogP contribution in [0.15, 0.2) is 48.5 Å². The first kappa shape index (κ1) is 17.4. The Hall–Kier alpha value is -2.73. The summed E-state index contributed by atoms with van der Waals surface area (Å²) in [5, 5.41) is 7.46. The highest BCUT2D eigenvalue weighted by Crippen LogP contribution is 2.32. The lowest BCUT2D eigenvalue weighted by atomic mass is 9.99. The molecule has 1 N–H and O–H groups in total. The van der Waals surface area contributed by atoms with Crippen LogP contribution in [0, 0.1) is 11.6 Å². The van der Waals surface area contributed by atoms with Gasteiger partial charge < -0.3 is 4.90 Å². The fraction of sp³-hybridized carbons (Fsp3) is 0.318. The molecule has 1 fully saturated rings. The third-order valence-electron chi connectivity index (χ3n) is 5.90. The van der Waals surface area contributed by atoms with Crippen molar-refractivity contribution < 1.29 is 8.78 Å². The number of nitrogens with one attached hydrogen (secondary N) is 1. The summed E-state index contributed by atoms with van der Waals surface area (Å²) in [6, 6.07) is 14.6. The van der Waals surface area contributed by atoms with Crippen LogP contribution in [-0.4, -0.2) is 40.8 Å². The van der Waals surface area contributed by atoms with Crippen molar-refractivity contribution in [1.29, 1.82) is 0 Å². The Morgan fingerprint density at radius 3 is 2.57 bits per heavy atom.